The SMILES string of the molecule is OCCc1[c][nH]cc1. The Balaban J connectivity index is 2.50. The van der Waals surface area contributed by atoms with E-state index in [0.29, 0.717) is 6.42 Å². The molecule has 0 amide bonds. The van der Waals surface area contributed by atoms with Crippen LogP contribution in [0.5, 0.6) is 0 Å². The first-order chi connectivity index (χ1) is 3.93. The van der Waals surface area contributed by atoms with E-state index in [1.807, 2.05) is 6.07 Å². The quantitative estimate of drug-likeness (QED) is 0.566. The van der Waals surface area contributed by atoms with E-state index in [0.717, 1.165) is 5.56 Å². The van der Waals surface area contributed by atoms with Gasteiger partial charge in [0.2, 0.25) is 0 Å². The lowest BCUT2D eigenvalue weighted by atomic mass is 10.3. The summed E-state index contributed by atoms with van der Waals surface area (Å²) in [6.07, 6.45) is 5.35. The van der Waals surface area contributed by atoms with Gasteiger partial charge in [0, 0.05) is 12.8 Å². The maximum absolute atomic E-state index is 8.40. The first-order valence-electron chi connectivity index (χ1n) is 2.58. The molecule has 0 aliphatic rings. The van der Waals surface area contributed by atoms with Gasteiger partial charge < -0.3 is 10.1 Å². The fraction of sp³-hybridized carbons (Fsp3) is 0.333. The van der Waals surface area contributed by atoms with Crippen LogP contribution in [0.4, 0.5) is 0 Å². The van der Waals surface area contributed by atoms with Gasteiger partial charge in [-0.2, -0.15) is 0 Å². The molecule has 1 aromatic rings. The standard InChI is InChI=1S/C6H8NO/c8-4-2-6-1-3-7-5-6/h1,3,7-8H,2,4H2. The predicted molar refractivity (Wildman–Crippen MR) is 30.4 cm³/mol. The molecule has 0 aliphatic heterocycles. The van der Waals surface area contributed by atoms with Crippen molar-refractivity contribution in [1.82, 2.24) is 4.98 Å². The lowest BCUT2D eigenvalue weighted by Crippen LogP contribution is -1.86. The highest BCUT2D eigenvalue weighted by molar-refractivity contribution is 5.06. The molecule has 8 heavy (non-hydrogen) atoms. The van der Waals surface area contributed by atoms with E-state index in [-0.39, 0.29) is 6.61 Å². The van der Waals surface area contributed by atoms with Gasteiger partial charge in [-0.3, -0.25) is 0 Å². The van der Waals surface area contributed by atoms with Gasteiger partial charge >= 0.3 is 0 Å². The zero-order chi connectivity index (χ0) is 5.82. The Morgan fingerprint density at radius 1 is 1.75 bits per heavy atom. The number of H-pyrrole nitrogens is 1. The molecule has 2 N–H and O–H groups in total. The van der Waals surface area contributed by atoms with Crippen molar-refractivity contribution in [1.29, 1.82) is 0 Å². The van der Waals surface area contributed by atoms with E-state index in [2.05, 4.69) is 11.2 Å². The van der Waals surface area contributed by atoms with Crippen LogP contribution in [0.3, 0.4) is 0 Å². The van der Waals surface area contributed by atoms with Gasteiger partial charge in [-0.15, -0.1) is 0 Å². The highest BCUT2D eigenvalue weighted by Crippen LogP contribution is 1.93. The van der Waals surface area contributed by atoms with E-state index in [1.54, 1.807) is 6.20 Å². The van der Waals surface area contributed by atoms with Crippen molar-refractivity contribution in [2.75, 3.05) is 6.61 Å². The zero-order valence-corrected chi connectivity index (χ0v) is 4.52. The van der Waals surface area contributed by atoms with Crippen LogP contribution < -0.4 is 0 Å². The number of rotatable bonds is 2. The minimum absolute atomic E-state index is 0.203. The third-order valence-corrected chi connectivity index (χ3v) is 0.982. The number of aromatic amines is 1. The van der Waals surface area contributed by atoms with Crippen LogP contribution in [0.1, 0.15) is 5.56 Å². The number of aliphatic hydroxyl groups is 1. The van der Waals surface area contributed by atoms with Gasteiger partial charge in [-0.1, -0.05) is 0 Å². The van der Waals surface area contributed by atoms with Crippen LogP contribution in [-0.2, 0) is 6.42 Å². The monoisotopic (exact) mass is 110 g/mol. The van der Waals surface area contributed by atoms with Crippen LogP contribution in [-0.4, -0.2) is 16.7 Å². The van der Waals surface area contributed by atoms with Crippen LogP contribution in [0.15, 0.2) is 12.3 Å². The van der Waals surface area contributed by atoms with Crippen molar-refractivity contribution < 1.29 is 5.11 Å². The molecule has 1 heterocycles. The number of hydrogen-bond acceptors (Lipinski definition) is 1. The van der Waals surface area contributed by atoms with Crippen molar-refractivity contribution in [2.45, 2.75) is 6.42 Å². The van der Waals surface area contributed by atoms with Crippen molar-refractivity contribution in [3.63, 3.8) is 0 Å². The van der Waals surface area contributed by atoms with Gasteiger partial charge in [0.25, 0.3) is 0 Å². The minimum atomic E-state index is 0.203. The summed E-state index contributed by atoms with van der Waals surface area (Å²) in [5.74, 6) is 0. The van der Waals surface area contributed by atoms with E-state index in [4.69, 9.17) is 5.11 Å². The van der Waals surface area contributed by atoms with Crippen molar-refractivity contribution in [3.8, 4) is 0 Å². The van der Waals surface area contributed by atoms with Gasteiger partial charge in [0.1, 0.15) is 0 Å². The second-order valence-electron chi connectivity index (χ2n) is 1.60. The zero-order valence-electron chi connectivity index (χ0n) is 4.52. The summed E-state index contributed by atoms with van der Waals surface area (Å²) in [6, 6.07) is 1.90. The number of nitrogens with one attached hydrogen (secondary N) is 1. The lowest BCUT2D eigenvalue weighted by Gasteiger charge is -1.85. The molecule has 1 aromatic heterocycles. The van der Waals surface area contributed by atoms with Gasteiger partial charge in [0.05, 0.1) is 6.20 Å². The van der Waals surface area contributed by atoms with Crippen molar-refractivity contribution >= 4 is 0 Å². The molecule has 1 radical (unpaired) electrons. The molecule has 1 rings (SSSR count). The third-order valence-electron chi connectivity index (χ3n) is 0.982. The smallest absolute Gasteiger partial charge is 0.0655 e. The Hall–Kier alpha value is -0.760. The number of aromatic nitrogens is 1. The normalized spacial score (nSPS) is 9.62. The highest BCUT2D eigenvalue weighted by atomic mass is 16.2. The summed E-state index contributed by atoms with van der Waals surface area (Å²) in [6.45, 7) is 0.203. The Labute approximate surface area is 48.2 Å². The lowest BCUT2D eigenvalue weighted by molar-refractivity contribution is 0.299. The Morgan fingerprint density at radius 3 is 3.12 bits per heavy atom. The van der Waals surface area contributed by atoms with Crippen molar-refractivity contribution in [3.05, 3.63) is 24.0 Å². The molecule has 0 atom stereocenters. The summed E-state index contributed by atoms with van der Waals surface area (Å²) in [7, 11) is 0. The van der Waals surface area contributed by atoms with E-state index >= 15 is 0 Å². The fourth-order valence-corrected chi connectivity index (χ4v) is 0.585. The molecule has 0 spiro atoms. The summed E-state index contributed by atoms with van der Waals surface area (Å²) >= 11 is 0. The summed E-state index contributed by atoms with van der Waals surface area (Å²) < 4.78 is 0. The summed E-state index contributed by atoms with van der Waals surface area (Å²) in [4.78, 5) is 2.78. The van der Waals surface area contributed by atoms with Crippen LogP contribution in [0.2, 0.25) is 0 Å². The molecule has 0 unspecified atom stereocenters. The minimum Gasteiger partial charge on any atom is -0.396 e. The second-order valence-corrected chi connectivity index (χ2v) is 1.60. The number of hydrogen-bond donors (Lipinski definition) is 2. The third kappa shape index (κ3) is 1.10. The first kappa shape index (κ1) is 5.38. The van der Waals surface area contributed by atoms with Gasteiger partial charge in [-0.25, -0.2) is 0 Å². The summed E-state index contributed by atoms with van der Waals surface area (Å²) in [5, 5.41) is 8.40. The Kier molecular flexibility index (Phi) is 1.70. The Bertz CT molecular complexity index is 134. The molecular formula is C6H8NO. The maximum Gasteiger partial charge on any atom is 0.0655 e. The van der Waals surface area contributed by atoms with Crippen LogP contribution in [0, 0.1) is 6.20 Å². The largest absolute Gasteiger partial charge is 0.396 e. The molecule has 0 saturated carbocycles. The molecular weight excluding hydrogens is 102 g/mol. The van der Waals surface area contributed by atoms with E-state index in [9.17, 15) is 0 Å². The molecule has 0 aromatic carbocycles. The molecule has 0 aliphatic carbocycles. The van der Waals surface area contributed by atoms with Gasteiger partial charge in [0.15, 0.2) is 0 Å². The topological polar surface area (TPSA) is 36.0 Å². The van der Waals surface area contributed by atoms with E-state index in [1.165, 1.54) is 0 Å². The highest BCUT2D eigenvalue weighted by Gasteiger charge is 1.87. The molecule has 2 heteroatoms. The average molecular weight is 110 g/mol. The van der Waals surface area contributed by atoms with Crippen LogP contribution >= 0.6 is 0 Å². The number of aliphatic hydroxyl groups excluding tert-OH is 1. The second kappa shape index (κ2) is 2.52. The Morgan fingerprint density at radius 2 is 2.62 bits per heavy atom. The van der Waals surface area contributed by atoms with E-state index < -0.39 is 0 Å². The van der Waals surface area contributed by atoms with Crippen molar-refractivity contribution in [2.24, 2.45) is 0 Å². The molecule has 0 saturated heterocycles. The van der Waals surface area contributed by atoms with Crippen LogP contribution in [0.25, 0.3) is 0 Å². The molecule has 43 valence electrons. The predicted octanol–water partition coefficient (Wildman–Crippen LogP) is 0.350. The molecule has 2 nitrogen and oxygen atoms in total. The fourth-order valence-electron chi connectivity index (χ4n) is 0.585. The summed E-state index contributed by atoms with van der Waals surface area (Å²) in [5.41, 5.74) is 1.03. The molecule has 0 bridgehead atoms. The first-order valence-corrected chi connectivity index (χ1v) is 2.58. The molecule has 0 fully saturated rings. The van der Waals surface area contributed by atoms with Gasteiger partial charge in [-0.05, 0) is 18.1 Å². The average Bonchev–Trinajstić information content (AvgIpc) is 2.19. The maximum atomic E-state index is 8.40.